The Morgan fingerprint density at radius 1 is 1.08 bits per heavy atom. The Hall–Kier alpha value is -1.47. The Kier molecular flexibility index (Phi) is 4.23. The van der Waals surface area contributed by atoms with Gasteiger partial charge in [0.25, 0.3) is 0 Å². The Morgan fingerprint density at radius 3 is 2.32 bits per heavy atom. The van der Waals surface area contributed by atoms with Gasteiger partial charge in [-0.2, -0.15) is 0 Å². The van der Waals surface area contributed by atoms with Crippen LogP contribution in [-0.2, 0) is 5.41 Å². The molecule has 0 saturated heterocycles. The lowest BCUT2D eigenvalue weighted by Crippen LogP contribution is -2.16. The van der Waals surface area contributed by atoms with E-state index in [0.717, 1.165) is 0 Å². The molecule has 1 atom stereocenters. The van der Waals surface area contributed by atoms with E-state index in [1.54, 1.807) is 0 Å². The van der Waals surface area contributed by atoms with Crippen molar-refractivity contribution in [2.75, 3.05) is 0 Å². The molecule has 2 aliphatic carbocycles. The van der Waals surface area contributed by atoms with Gasteiger partial charge in [-0.1, -0.05) is 96.6 Å². The maximum absolute atomic E-state index is 3.68. The highest BCUT2D eigenvalue weighted by Gasteiger charge is 2.37. The molecule has 0 N–H and O–H groups in total. The molecule has 0 amide bonds. The normalized spacial score (nSPS) is 21.8. The molecule has 0 aromatic heterocycles. The maximum Gasteiger partial charge on any atom is 0.0257 e. The molecular formula is C24H30Si. The van der Waals surface area contributed by atoms with Crippen molar-refractivity contribution in [3.05, 3.63) is 64.8 Å². The summed E-state index contributed by atoms with van der Waals surface area (Å²) in [5.74, 6) is 0.368. The lowest BCUT2D eigenvalue weighted by Gasteiger charge is -2.26. The van der Waals surface area contributed by atoms with Crippen LogP contribution < -0.4 is 0 Å². The van der Waals surface area contributed by atoms with E-state index in [1.807, 2.05) is 0 Å². The Balaban J connectivity index is 2.17. The molecule has 0 saturated carbocycles. The summed E-state index contributed by atoms with van der Waals surface area (Å²) in [7, 11) is 3.68. The third-order valence-corrected chi connectivity index (χ3v) is 6.41. The molecule has 1 aromatic carbocycles. The standard InChI is InChI=1S/C24H30Si/c1-22(2,3)17-12-11-16(13-17)18-9-8-10-19-21(18)20(14-23(19,4)5)24(6,7)15-25/h8-16H,1-7H3. The van der Waals surface area contributed by atoms with Crippen molar-refractivity contribution in [3.8, 4) is 0 Å². The van der Waals surface area contributed by atoms with Crippen LogP contribution in [0, 0.1) is 10.8 Å². The average Bonchev–Trinajstić information content (AvgIpc) is 3.11. The van der Waals surface area contributed by atoms with Gasteiger partial charge in [0.15, 0.2) is 0 Å². The van der Waals surface area contributed by atoms with Gasteiger partial charge >= 0.3 is 0 Å². The number of hydrogen-bond donors (Lipinski definition) is 0. The smallest absolute Gasteiger partial charge is 0.0257 e. The molecule has 1 unspecified atom stereocenters. The molecule has 3 rings (SSSR count). The van der Waals surface area contributed by atoms with Crippen LogP contribution in [0.4, 0.5) is 0 Å². The molecule has 25 heavy (non-hydrogen) atoms. The predicted molar refractivity (Wildman–Crippen MR) is 112 cm³/mol. The highest BCUT2D eigenvalue weighted by molar-refractivity contribution is 6.31. The van der Waals surface area contributed by atoms with Gasteiger partial charge in [-0.25, -0.2) is 0 Å². The Morgan fingerprint density at radius 2 is 1.76 bits per heavy atom. The number of hydrogen-bond acceptors (Lipinski definition) is 0. The first-order valence-electron chi connectivity index (χ1n) is 9.26. The van der Waals surface area contributed by atoms with E-state index in [9.17, 15) is 0 Å². The minimum Gasteiger partial charge on any atom is -0.0930 e. The van der Waals surface area contributed by atoms with Crippen molar-refractivity contribution >= 4 is 21.1 Å². The minimum absolute atomic E-state index is 0.00555. The average molecular weight is 347 g/mol. The van der Waals surface area contributed by atoms with Gasteiger partial charge in [0.1, 0.15) is 0 Å². The summed E-state index contributed by atoms with van der Waals surface area (Å²) < 4.78 is 0. The van der Waals surface area contributed by atoms with E-state index in [0.29, 0.717) is 5.92 Å². The number of fused-ring (bicyclic) bond motifs is 1. The van der Waals surface area contributed by atoms with Crippen molar-refractivity contribution in [1.82, 2.24) is 0 Å². The second-order valence-corrected chi connectivity index (χ2v) is 9.96. The van der Waals surface area contributed by atoms with Crippen LogP contribution in [0.25, 0.3) is 5.57 Å². The first-order chi connectivity index (χ1) is 11.5. The lowest BCUT2D eigenvalue weighted by atomic mass is 9.78. The van der Waals surface area contributed by atoms with Crippen molar-refractivity contribution < 1.29 is 0 Å². The minimum atomic E-state index is -0.00555. The Bertz CT molecular complexity index is 807. The first kappa shape index (κ1) is 18.3. The molecule has 0 spiro atoms. The van der Waals surface area contributed by atoms with Crippen LogP contribution in [0.1, 0.15) is 71.1 Å². The largest absolute Gasteiger partial charge is 0.0930 e. The van der Waals surface area contributed by atoms with Crippen molar-refractivity contribution in [3.63, 3.8) is 0 Å². The zero-order valence-electron chi connectivity index (χ0n) is 16.7. The van der Waals surface area contributed by atoms with Crippen molar-refractivity contribution in [1.29, 1.82) is 0 Å². The van der Waals surface area contributed by atoms with Gasteiger partial charge in [-0.05, 0) is 33.3 Å². The molecule has 0 heterocycles. The quantitative estimate of drug-likeness (QED) is 0.590. The van der Waals surface area contributed by atoms with Crippen LogP contribution in [-0.4, -0.2) is 15.5 Å². The third-order valence-electron chi connectivity index (χ3n) is 5.69. The van der Waals surface area contributed by atoms with Gasteiger partial charge < -0.3 is 0 Å². The van der Waals surface area contributed by atoms with Crippen LogP contribution >= 0.6 is 0 Å². The van der Waals surface area contributed by atoms with Crippen LogP contribution in [0.5, 0.6) is 0 Å². The van der Waals surface area contributed by atoms with E-state index >= 15 is 0 Å². The van der Waals surface area contributed by atoms with Crippen LogP contribution in [0.3, 0.4) is 0 Å². The van der Waals surface area contributed by atoms with Crippen molar-refractivity contribution in [2.24, 2.45) is 10.8 Å². The number of benzene rings is 1. The first-order valence-corrected chi connectivity index (χ1v) is 9.84. The molecule has 0 fully saturated rings. The molecule has 1 heteroatoms. The molecule has 130 valence electrons. The summed E-state index contributed by atoms with van der Waals surface area (Å²) in [6.07, 6.45) is 9.59. The lowest BCUT2D eigenvalue weighted by molar-refractivity contribution is 0.517. The third kappa shape index (κ3) is 3.08. The highest BCUT2D eigenvalue weighted by atomic mass is 28.1. The van der Waals surface area contributed by atoms with E-state index < -0.39 is 0 Å². The van der Waals surface area contributed by atoms with Gasteiger partial charge in [0, 0.05) is 26.6 Å². The van der Waals surface area contributed by atoms with Gasteiger partial charge in [0.05, 0.1) is 0 Å². The molecule has 1 aromatic rings. The summed E-state index contributed by atoms with van der Waals surface area (Å²) in [5.41, 5.74) is 9.62. The van der Waals surface area contributed by atoms with E-state index in [1.165, 1.54) is 27.8 Å². The van der Waals surface area contributed by atoms with Gasteiger partial charge in [-0.3, -0.25) is 0 Å². The fourth-order valence-corrected chi connectivity index (χ4v) is 4.14. The van der Waals surface area contributed by atoms with Crippen LogP contribution in [0.2, 0.25) is 0 Å². The van der Waals surface area contributed by atoms with Gasteiger partial charge in [-0.15, -0.1) is 0 Å². The van der Waals surface area contributed by atoms with Gasteiger partial charge in [0.2, 0.25) is 0 Å². The molecular weight excluding hydrogens is 316 g/mol. The molecule has 0 aliphatic heterocycles. The SMILES string of the molecule is CC(C)(C)C1=CC(c2cccc3c2C(C(C)(C)C=[Si])=CC3(C)C)C=C1. The molecule has 2 aliphatic rings. The monoisotopic (exact) mass is 346 g/mol. The summed E-state index contributed by atoms with van der Waals surface area (Å²) in [5, 5.41) is 0. The topological polar surface area (TPSA) is 0 Å². The van der Waals surface area contributed by atoms with Crippen LogP contribution in [0.15, 0.2) is 48.1 Å². The fourth-order valence-electron chi connectivity index (χ4n) is 3.99. The summed E-state index contributed by atoms with van der Waals surface area (Å²) in [6.45, 7) is 16.1. The van der Waals surface area contributed by atoms with E-state index in [-0.39, 0.29) is 16.2 Å². The molecule has 0 bridgehead atoms. The summed E-state index contributed by atoms with van der Waals surface area (Å²) in [4.78, 5) is 0. The zero-order chi connectivity index (χ0) is 18.6. The second kappa shape index (κ2) is 5.77. The van der Waals surface area contributed by atoms with E-state index in [4.69, 9.17) is 0 Å². The fraction of sp³-hybridized carbons (Fsp3) is 0.458. The molecule has 2 radical (unpaired) electrons. The predicted octanol–water partition coefficient (Wildman–Crippen LogP) is 5.98. The number of rotatable bonds is 3. The summed E-state index contributed by atoms with van der Waals surface area (Å²) >= 11 is 0. The number of allylic oxidation sites excluding steroid dienone is 6. The van der Waals surface area contributed by atoms with E-state index in [2.05, 4.69) is 106 Å². The summed E-state index contributed by atoms with van der Waals surface area (Å²) in [6, 6.07) is 6.85. The zero-order valence-corrected chi connectivity index (χ0v) is 17.7. The molecule has 0 nitrogen and oxygen atoms in total. The second-order valence-electron chi connectivity index (χ2n) is 9.67. The maximum atomic E-state index is 3.68. The highest BCUT2D eigenvalue weighted by Crippen LogP contribution is 2.50. The van der Waals surface area contributed by atoms with Crippen molar-refractivity contribution in [2.45, 2.75) is 59.8 Å². The Labute approximate surface area is 156 Å².